The van der Waals surface area contributed by atoms with E-state index in [0.717, 1.165) is 47.8 Å². The molecule has 1 aliphatic heterocycles. The van der Waals surface area contributed by atoms with Crippen LogP contribution in [-0.2, 0) is 4.74 Å². The average molecular weight is 435 g/mol. The maximum Gasteiger partial charge on any atom is 0.404 e. The fraction of sp³-hybridized carbons (Fsp3) is 0.522. The number of anilines is 2. The number of alkyl halides is 3. The summed E-state index contributed by atoms with van der Waals surface area (Å²) in [5, 5.41) is 5.71. The number of hydrogen-bond donors (Lipinski definition) is 2. The lowest BCUT2D eigenvalue weighted by Gasteiger charge is -2.34. The number of fused-ring (bicyclic) bond motifs is 1. The van der Waals surface area contributed by atoms with Gasteiger partial charge in [0.05, 0.1) is 5.92 Å². The molecule has 1 saturated carbocycles. The Bertz CT molecular complexity index is 918. The highest BCUT2D eigenvalue weighted by molar-refractivity contribution is 5.88. The van der Waals surface area contributed by atoms with Gasteiger partial charge >= 0.3 is 12.3 Å². The van der Waals surface area contributed by atoms with E-state index in [1.807, 2.05) is 29.2 Å². The van der Waals surface area contributed by atoms with E-state index in [1.54, 1.807) is 0 Å². The number of primary amides is 1. The molecule has 0 aromatic heterocycles. The summed E-state index contributed by atoms with van der Waals surface area (Å²) in [7, 11) is 0. The molecule has 31 heavy (non-hydrogen) atoms. The molecule has 1 heterocycles. The Morgan fingerprint density at radius 1 is 0.968 bits per heavy atom. The highest BCUT2D eigenvalue weighted by Crippen LogP contribution is 2.36. The SMILES string of the molecule is NC(=O)OC1CCC(Nc2ccc3cc(N4CCC(C(F)(F)F)CC4)ccc3c2)CC1. The van der Waals surface area contributed by atoms with Crippen LogP contribution in [0.1, 0.15) is 38.5 Å². The molecule has 2 aliphatic rings. The number of piperidine rings is 1. The van der Waals surface area contributed by atoms with E-state index in [4.69, 9.17) is 10.5 Å². The van der Waals surface area contributed by atoms with Gasteiger partial charge in [-0.1, -0.05) is 12.1 Å². The molecule has 8 heteroatoms. The molecule has 2 fully saturated rings. The smallest absolute Gasteiger partial charge is 0.404 e. The number of amides is 1. The minimum Gasteiger partial charge on any atom is -0.446 e. The van der Waals surface area contributed by atoms with Gasteiger partial charge in [0.15, 0.2) is 0 Å². The van der Waals surface area contributed by atoms with Gasteiger partial charge in [0.2, 0.25) is 0 Å². The summed E-state index contributed by atoms with van der Waals surface area (Å²) in [6.45, 7) is 0.856. The Morgan fingerprint density at radius 3 is 2.26 bits per heavy atom. The third kappa shape index (κ3) is 5.35. The maximum atomic E-state index is 12.9. The predicted molar refractivity (Wildman–Crippen MR) is 115 cm³/mol. The maximum absolute atomic E-state index is 12.9. The van der Waals surface area contributed by atoms with Gasteiger partial charge in [-0.05, 0) is 73.6 Å². The monoisotopic (exact) mass is 435 g/mol. The van der Waals surface area contributed by atoms with Gasteiger partial charge in [-0.15, -0.1) is 0 Å². The first-order valence-corrected chi connectivity index (χ1v) is 10.9. The van der Waals surface area contributed by atoms with E-state index in [2.05, 4.69) is 17.4 Å². The molecule has 0 spiro atoms. The number of nitrogens with two attached hydrogens (primary N) is 1. The van der Waals surface area contributed by atoms with E-state index < -0.39 is 18.2 Å². The first-order valence-electron chi connectivity index (χ1n) is 10.9. The van der Waals surface area contributed by atoms with Crippen molar-refractivity contribution in [3.63, 3.8) is 0 Å². The molecule has 1 aliphatic carbocycles. The van der Waals surface area contributed by atoms with Crippen molar-refractivity contribution in [2.45, 2.75) is 56.8 Å². The topological polar surface area (TPSA) is 67.6 Å². The number of benzene rings is 2. The van der Waals surface area contributed by atoms with Crippen molar-refractivity contribution in [2.24, 2.45) is 11.7 Å². The average Bonchev–Trinajstić information content (AvgIpc) is 2.74. The van der Waals surface area contributed by atoms with Crippen molar-refractivity contribution >= 4 is 28.2 Å². The molecule has 3 N–H and O–H groups in total. The van der Waals surface area contributed by atoms with E-state index in [1.165, 1.54) is 0 Å². The zero-order chi connectivity index (χ0) is 22.0. The van der Waals surface area contributed by atoms with Crippen molar-refractivity contribution in [2.75, 3.05) is 23.3 Å². The summed E-state index contributed by atoms with van der Waals surface area (Å²) >= 11 is 0. The lowest BCUT2D eigenvalue weighted by molar-refractivity contribution is -0.179. The molecule has 0 radical (unpaired) electrons. The fourth-order valence-electron chi connectivity index (χ4n) is 4.71. The first-order chi connectivity index (χ1) is 14.8. The van der Waals surface area contributed by atoms with Gasteiger partial charge in [0.25, 0.3) is 0 Å². The van der Waals surface area contributed by atoms with Gasteiger partial charge in [-0.3, -0.25) is 0 Å². The number of hydrogen-bond acceptors (Lipinski definition) is 4. The van der Waals surface area contributed by atoms with Crippen LogP contribution < -0.4 is 16.0 Å². The van der Waals surface area contributed by atoms with Crippen LogP contribution in [0.3, 0.4) is 0 Å². The summed E-state index contributed by atoms with van der Waals surface area (Å²) in [5.74, 6) is -1.18. The van der Waals surface area contributed by atoms with E-state index in [-0.39, 0.29) is 18.9 Å². The summed E-state index contributed by atoms with van der Waals surface area (Å²) in [6, 6.07) is 12.6. The molecule has 0 unspecified atom stereocenters. The van der Waals surface area contributed by atoms with Crippen molar-refractivity contribution in [3.05, 3.63) is 36.4 Å². The lowest BCUT2D eigenvalue weighted by atomic mass is 9.92. The number of nitrogens with zero attached hydrogens (tertiary/aromatic N) is 1. The molecule has 4 rings (SSSR count). The second-order valence-electron chi connectivity index (χ2n) is 8.60. The van der Waals surface area contributed by atoms with Crippen molar-refractivity contribution in [3.8, 4) is 0 Å². The summed E-state index contributed by atoms with van der Waals surface area (Å²) < 4.78 is 43.8. The molecule has 1 saturated heterocycles. The fourth-order valence-corrected chi connectivity index (χ4v) is 4.71. The highest BCUT2D eigenvalue weighted by Gasteiger charge is 2.41. The Labute approximate surface area is 179 Å². The van der Waals surface area contributed by atoms with Crippen LogP contribution in [0.2, 0.25) is 0 Å². The first kappa shape index (κ1) is 21.6. The Kier molecular flexibility index (Phi) is 6.16. The third-order valence-corrected chi connectivity index (χ3v) is 6.47. The van der Waals surface area contributed by atoms with Gasteiger partial charge in [0.1, 0.15) is 6.10 Å². The molecule has 5 nitrogen and oxygen atoms in total. The van der Waals surface area contributed by atoms with Crippen molar-refractivity contribution in [1.29, 1.82) is 0 Å². The van der Waals surface area contributed by atoms with Crippen LogP contribution >= 0.6 is 0 Å². The van der Waals surface area contributed by atoms with Crippen LogP contribution in [0.15, 0.2) is 36.4 Å². The van der Waals surface area contributed by atoms with E-state index >= 15 is 0 Å². The second kappa shape index (κ2) is 8.85. The van der Waals surface area contributed by atoms with Crippen LogP contribution in [0.4, 0.5) is 29.3 Å². The Balaban J connectivity index is 1.36. The molecule has 2 aromatic carbocycles. The van der Waals surface area contributed by atoms with Crippen LogP contribution in [0.25, 0.3) is 10.8 Å². The molecule has 0 atom stereocenters. The standard InChI is InChI=1S/C23H28F3N3O2/c24-23(25,26)17-9-11-29(12-10-17)20-6-2-15-13-19(3-1-16(15)14-20)28-18-4-7-21(8-5-18)31-22(27)30/h1-3,6,13-14,17-18,21,28H,4-5,7-12H2,(H2,27,30). The zero-order valence-corrected chi connectivity index (χ0v) is 17.3. The van der Waals surface area contributed by atoms with E-state index in [0.29, 0.717) is 19.1 Å². The number of nitrogens with one attached hydrogen (secondary N) is 1. The number of carbonyl (C=O) groups is 1. The Morgan fingerprint density at radius 2 is 1.61 bits per heavy atom. The zero-order valence-electron chi connectivity index (χ0n) is 17.3. The summed E-state index contributed by atoms with van der Waals surface area (Å²) in [4.78, 5) is 12.9. The molecular formula is C23H28F3N3O2. The van der Waals surface area contributed by atoms with Gasteiger partial charge in [0, 0.05) is 30.5 Å². The van der Waals surface area contributed by atoms with Gasteiger partial charge in [-0.2, -0.15) is 13.2 Å². The minimum absolute atomic E-state index is 0.0910. The molecule has 1 amide bonds. The van der Waals surface area contributed by atoms with Crippen molar-refractivity contribution in [1.82, 2.24) is 0 Å². The highest BCUT2D eigenvalue weighted by atomic mass is 19.4. The molecular weight excluding hydrogens is 407 g/mol. The largest absolute Gasteiger partial charge is 0.446 e. The predicted octanol–water partition coefficient (Wildman–Crippen LogP) is 5.44. The number of carbonyl (C=O) groups excluding carboxylic acids is 1. The van der Waals surface area contributed by atoms with E-state index in [9.17, 15) is 18.0 Å². The normalized spacial score (nSPS) is 23.0. The minimum atomic E-state index is -4.09. The van der Waals surface area contributed by atoms with Gasteiger partial charge in [-0.25, -0.2) is 4.79 Å². The molecule has 2 aromatic rings. The lowest BCUT2D eigenvalue weighted by Crippen LogP contribution is -2.38. The van der Waals surface area contributed by atoms with Crippen molar-refractivity contribution < 1.29 is 22.7 Å². The van der Waals surface area contributed by atoms with Crippen LogP contribution in [-0.4, -0.2) is 37.5 Å². The Hall–Kier alpha value is -2.64. The number of ether oxygens (including phenoxy) is 1. The summed E-state index contributed by atoms with van der Waals surface area (Å²) in [6.07, 6.45) is -1.19. The van der Waals surface area contributed by atoms with Crippen LogP contribution in [0.5, 0.6) is 0 Å². The second-order valence-corrected chi connectivity index (χ2v) is 8.60. The van der Waals surface area contributed by atoms with Gasteiger partial charge < -0.3 is 20.7 Å². The molecule has 168 valence electrons. The quantitative estimate of drug-likeness (QED) is 0.671. The number of rotatable bonds is 4. The molecule has 0 bridgehead atoms. The van der Waals surface area contributed by atoms with Crippen LogP contribution in [0, 0.1) is 5.92 Å². The number of halogens is 3. The summed E-state index contributed by atoms with van der Waals surface area (Å²) in [5.41, 5.74) is 7.10. The third-order valence-electron chi connectivity index (χ3n) is 6.47.